The molecule has 0 bridgehead atoms. The first kappa shape index (κ1) is 27.0. The second-order valence-corrected chi connectivity index (χ2v) is 11.3. The minimum absolute atomic E-state index is 0.00617. The monoisotopic (exact) mass is 529 g/mol. The molecule has 1 atom stereocenters. The number of aromatic nitrogens is 1. The Kier molecular flexibility index (Phi) is 8.34. The molecule has 206 valence electrons. The van der Waals surface area contributed by atoms with Crippen LogP contribution in [0.5, 0.6) is 0 Å². The lowest BCUT2D eigenvalue weighted by Gasteiger charge is -2.38. The summed E-state index contributed by atoms with van der Waals surface area (Å²) in [6, 6.07) is 20.1. The van der Waals surface area contributed by atoms with E-state index in [0.717, 1.165) is 49.4 Å². The van der Waals surface area contributed by atoms with E-state index in [2.05, 4.69) is 12.1 Å². The van der Waals surface area contributed by atoms with E-state index in [1.807, 2.05) is 53.4 Å². The summed E-state index contributed by atoms with van der Waals surface area (Å²) < 4.78 is 1.68. The molecule has 0 spiro atoms. The van der Waals surface area contributed by atoms with Gasteiger partial charge in [-0.15, -0.1) is 0 Å². The summed E-state index contributed by atoms with van der Waals surface area (Å²) in [6.45, 7) is 1.81. The van der Waals surface area contributed by atoms with Crippen molar-refractivity contribution in [3.8, 4) is 0 Å². The Morgan fingerprint density at radius 1 is 0.949 bits per heavy atom. The number of fused-ring (bicyclic) bond motifs is 1. The first-order valence-electron chi connectivity index (χ1n) is 14.3. The molecule has 1 aliphatic carbocycles. The number of nitrogens with zero attached hydrogens (tertiary/aromatic N) is 3. The van der Waals surface area contributed by atoms with Crippen LogP contribution in [-0.2, 0) is 18.4 Å². The van der Waals surface area contributed by atoms with Crippen LogP contribution in [0.2, 0.25) is 0 Å². The maximum Gasteiger partial charge on any atom is 0.407 e. The first-order chi connectivity index (χ1) is 18.9. The summed E-state index contributed by atoms with van der Waals surface area (Å²) in [6.07, 6.45) is 5.76. The molecule has 1 saturated carbocycles. The fourth-order valence-corrected chi connectivity index (χ4v) is 6.61. The second-order valence-electron chi connectivity index (χ2n) is 11.3. The lowest BCUT2D eigenvalue weighted by molar-refractivity contribution is -0.137. The summed E-state index contributed by atoms with van der Waals surface area (Å²) in [5.74, 6) is 0.463. The average molecular weight is 530 g/mol. The molecule has 1 saturated heterocycles. The molecular weight excluding hydrogens is 490 g/mol. The van der Waals surface area contributed by atoms with Gasteiger partial charge in [-0.2, -0.15) is 0 Å². The van der Waals surface area contributed by atoms with Gasteiger partial charge < -0.3 is 19.5 Å². The van der Waals surface area contributed by atoms with E-state index in [1.165, 1.54) is 16.9 Å². The predicted molar refractivity (Wildman–Crippen MR) is 153 cm³/mol. The van der Waals surface area contributed by atoms with Gasteiger partial charge in [0.1, 0.15) is 0 Å². The molecule has 0 radical (unpaired) electrons. The predicted octanol–water partition coefficient (Wildman–Crippen LogP) is 5.62. The van der Waals surface area contributed by atoms with Gasteiger partial charge in [0.05, 0.1) is 12.1 Å². The Hall–Kier alpha value is -3.61. The van der Waals surface area contributed by atoms with E-state index < -0.39 is 6.09 Å². The van der Waals surface area contributed by atoms with Gasteiger partial charge in [-0.25, -0.2) is 4.79 Å². The minimum Gasteiger partial charge on any atom is -0.465 e. The quantitative estimate of drug-likeness (QED) is 0.431. The molecule has 2 amide bonds. The van der Waals surface area contributed by atoms with Crippen molar-refractivity contribution in [1.29, 1.82) is 0 Å². The van der Waals surface area contributed by atoms with E-state index in [-0.39, 0.29) is 35.8 Å². The number of rotatable bonds is 7. The van der Waals surface area contributed by atoms with Crippen LogP contribution < -0.4 is 5.56 Å². The highest BCUT2D eigenvalue weighted by Crippen LogP contribution is 2.35. The molecule has 2 fully saturated rings. The smallest absolute Gasteiger partial charge is 0.407 e. The van der Waals surface area contributed by atoms with Crippen molar-refractivity contribution >= 4 is 22.9 Å². The zero-order valence-electron chi connectivity index (χ0n) is 22.8. The van der Waals surface area contributed by atoms with E-state index >= 15 is 0 Å². The maximum absolute atomic E-state index is 14.1. The van der Waals surface area contributed by atoms with Crippen LogP contribution >= 0.6 is 0 Å². The van der Waals surface area contributed by atoms with Gasteiger partial charge in [-0.1, -0.05) is 67.8 Å². The molecule has 1 aliphatic heterocycles. The molecule has 1 unspecified atom stereocenters. The van der Waals surface area contributed by atoms with Crippen molar-refractivity contribution in [1.82, 2.24) is 14.4 Å². The first-order valence-corrected chi connectivity index (χ1v) is 14.3. The number of carbonyl (C=O) groups is 2. The van der Waals surface area contributed by atoms with Gasteiger partial charge in [-0.05, 0) is 54.7 Å². The average Bonchev–Trinajstić information content (AvgIpc) is 2.98. The zero-order chi connectivity index (χ0) is 27.4. The number of para-hydroxylation sites is 1. The summed E-state index contributed by atoms with van der Waals surface area (Å²) in [5, 5.41) is 10.5. The molecule has 2 aliphatic rings. The van der Waals surface area contributed by atoms with Gasteiger partial charge in [0.2, 0.25) is 5.91 Å². The number of amides is 2. The Labute approximate surface area is 230 Å². The van der Waals surface area contributed by atoms with Crippen molar-refractivity contribution in [3.05, 3.63) is 82.1 Å². The van der Waals surface area contributed by atoms with Crippen LogP contribution in [-0.4, -0.2) is 51.1 Å². The number of aryl methyl sites for hydroxylation is 1. The van der Waals surface area contributed by atoms with Gasteiger partial charge in [0.15, 0.2) is 0 Å². The topological polar surface area (TPSA) is 82.8 Å². The van der Waals surface area contributed by atoms with Crippen molar-refractivity contribution < 1.29 is 14.7 Å². The van der Waals surface area contributed by atoms with E-state index in [1.54, 1.807) is 11.6 Å². The summed E-state index contributed by atoms with van der Waals surface area (Å²) in [5.41, 5.74) is 2.61. The van der Waals surface area contributed by atoms with Crippen LogP contribution in [0.4, 0.5) is 4.79 Å². The molecular formula is C32H39N3O4. The van der Waals surface area contributed by atoms with E-state index in [4.69, 9.17) is 0 Å². The highest BCUT2D eigenvalue weighted by molar-refractivity contribution is 5.81. The molecule has 3 aromatic rings. The van der Waals surface area contributed by atoms with Gasteiger partial charge in [0.25, 0.3) is 5.56 Å². The highest BCUT2D eigenvalue weighted by atomic mass is 16.4. The van der Waals surface area contributed by atoms with Gasteiger partial charge in [0, 0.05) is 44.1 Å². The number of benzene rings is 2. The normalized spacial score (nSPS) is 17.7. The number of carboxylic acid groups (broad SMARTS) is 1. The highest BCUT2D eigenvalue weighted by Gasteiger charge is 2.34. The van der Waals surface area contributed by atoms with Crippen LogP contribution in [0.3, 0.4) is 0 Å². The summed E-state index contributed by atoms with van der Waals surface area (Å²) in [7, 11) is 1.80. The largest absolute Gasteiger partial charge is 0.465 e. The molecule has 2 aromatic carbocycles. The third-order valence-corrected chi connectivity index (χ3v) is 8.86. The SMILES string of the molecule is Cn1c(=O)c(CN(CC(c2ccccc2)C2CCN(C(=O)O)CC2)C(=O)C2CCCCC2)cc2ccccc21. The van der Waals surface area contributed by atoms with E-state index in [9.17, 15) is 19.5 Å². The fraction of sp³-hybridized carbons (Fsp3) is 0.469. The number of hydrogen-bond donors (Lipinski definition) is 1. The van der Waals surface area contributed by atoms with Gasteiger partial charge >= 0.3 is 6.09 Å². The van der Waals surface area contributed by atoms with Gasteiger partial charge in [-0.3, -0.25) is 9.59 Å². The molecule has 39 heavy (non-hydrogen) atoms. The third kappa shape index (κ3) is 6.02. The minimum atomic E-state index is -0.869. The lowest BCUT2D eigenvalue weighted by atomic mass is 9.79. The Morgan fingerprint density at radius 2 is 1.62 bits per heavy atom. The Morgan fingerprint density at radius 3 is 2.31 bits per heavy atom. The van der Waals surface area contributed by atoms with Crippen molar-refractivity contribution in [2.24, 2.45) is 18.9 Å². The second kappa shape index (κ2) is 12.1. The molecule has 1 aromatic heterocycles. The lowest BCUT2D eigenvalue weighted by Crippen LogP contribution is -2.44. The summed E-state index contributed by atoms with van der Waals surface area (Å²) in [4.78, 5) is 42.5. The van der Waals surface area contributed by atoms with Crippen molar-refractivity contribution in [3.63, 3.8) is 0 Å². The summed E-state index contributed by atoms with van der Waals surface area (Å²) >= 11 is 0. The molecule has 7 heteroatoms. The fourth-order valence-electron chi connectivity index (χ4n) is 6.61. The van der Waals surface area contributed by atoms with Crippen LogP contribution in [0.25, 0.3) is 10.9 Å². The van der Waals surface area contributed by atoms with Crippen LogP contribution in [0, 0.1) is 11.8 Å². The third-order valence-electron chi connectivity index (χ3n) is 8.86. The number of carbonyl (C=O) groups excluding carboxylic acids is 1. The van der Waals surface area contributed by atoms with Crippen molar-refractivity contribution in [2.75, 3.05) is 19.6 Å². The molecule has 1 N–H and O–H groups in total. The molecule has 5 rings (SSSR count). The zero-order valence-corrected chi connectivity index (χ0v) is 22.8. The number of hydrogen-bond acceptors (Lipinski definition) is 3. The number of likely N-dealkylation sites (tertiary alicyclic amines) is 1. The van der Waals surface area contributed by atoms with Crippen LogP contribution in [0.15, 0.2) is 65.5 Å². The van der Waals surface area contributed by atoms with Crippen molar-refractivity contribution in [2.45, 2.75) is 57.4 Å². The Bertz CT molecular complexity index is 1350. The number of pyridine rings is 1. The van der Waals surface area contributed by atoms with E-state index in [0.29, 0.717) is 25.2 Å². The standard InChI is InChI=1S/C32H39N3O4/c1-33-29-15-9-8-14-26(29)20-27(30(33)36)21-35(31(37)25-12-6-3-7-13-25)22-28(23-10-4-2-5-11-23)24-16-18-34(19-17-24)32(38)39/h2,4-5,8-11,14-15,20,24-25,28H,3,6-7,12-13,16-19,21-22H2,1H3,(H,38,39). The van der Waals surface area contributed by atoms with Crippen LogP contribution in [0.1, 0.15) is 62.0 Å². The molecule has 2 heterocycles. The molecule has 7 nitrogen and oxygen atoms in total. The Balaban J connectivity index is 1.48. The number of piperidine rings is 1. The maximum atomic E-state index is 14.1.